The van der Waals surface area contributed by atoms with Crippen LogP contribution in [0.4, 0.5) is 4.79 Å². The Morgan fingerprint density at radius 2 is 1.77 bits per heavy atom. The lowest BCUT2D eigenvalue weighted by Gasteiger charge is -2.33. The van der Waals surface area contributed by atoms with E-state index in [0.717, 1.165) is 0 Å². The van der Waals surface area contributed by atoms with E-state index in [1.807, 2.05) is 33.2 Å². The maximum atomic E-state index is 12.4. The topological polar surface area (TPSA) is 81.7 Å². The fourth-order valence-corrected chi connectivity index (χ4v) is 3.91. The summed E-state index contributed by atoms with van der Waals surface area (Å²) >= 11 is 0. The van der Waals surface area contributed by atoms with Crippen LogP contribution in [0.1, 0.15) is 49.8 Å². The number of rotatable bonds is 6. The zero-order valence-corrected chi connectivity index (χ0v) is 16.2. The van der Waals surface area contributed by atoms with Crippen LogP contribution < -0.4 is 10.6 Å². The van der Waals surface area contributed by atoms with Crippen molar-refractivity contribution in [3.63, 3.8) is 0 Å². The number of hydrogen-bond donors (Lipinski definition) is 3. The van der Waals surface area contributed by atoms with Crippen molar-refractivity contribution < 1.29 is 14.7 Å². The molecule has 2 amide bonds. The van der Waals surface area contributed by atoms with Gasteiger partial charge in [-0.05, 0) is 64.8 Å². The second-order valence-corrected chi connectivity index (χ2v) is 7.56. The van der Waals surface area contributed by atoms with Gasteiger partial charge in [0, 0.05) is 12.1 Å². The van der Waals surface area contributed by atoms with Gasteiger partial charge in [0.1, 0.15) is 0 Å². The summed E-state index contributed by atoms with van der Waals surface area (Å²) < 4.78 is 0. The van der Waals surface area contributed by atoms with E-state index >= 15 is 0 Å². The van der Waals surface area contributed by atoms with Crippen molar-refractivity contribution in [3.8, 4) is 0 Å². The predicted molar refractivity (Wildman–Crippen MR) is 102 cm³/mol. The maximum Gasteiger partial charge on any atom is 0.315 e. The average molecular weight is 361 g/mol. The number of carbonyl (C=O) groups excluding carboxylic acids is 1. The van der Waals surface area contributed by atoms with E-state index in [0.29, 0.717) is 25.7 Å². The summed E-state index contributed by atoms with van der Waals surface area (Å²) in [5, 5.41) is 15.1. The number of aliphatic carboxylic acids is 1. The van der Waals surface area contributed by atoms with Gasteiger partial charge in [-0.3, -0.25) is 4.79 Å². The monoisotopic (exact) mass is 361 g/mol. The molecule has 6 heteroatoms. The Labute approximate surface area is 156 Å². The Morgan fingerprint density at radius 1 is 1.15 bits per heavy atom. The van der Waals surface area contributed by atoms with Gasteiger partial charge < -0.3 is 20.6 Å². The van der Waals surface area contributed by atoms with Gasteiger partial charge in [0.25, 0.3) is 0 Å². The van der Waals surface area contributed by atoms with Crippen molar-refractivity contribution in [1.29, 1.82) is 0 Å². The third kappa shape index (κ3) is 5.21. The molecule has 1 saturated carbocycles. The highest BCUT2D eigenvalue weighted by atomic mass is 16.4. The highest BCUT2D eigenvalue weighted by Crippen LogP contribution is 2.26. The Balaban J connectivity index is 1.93. The number of hydrogen-bond acceptors (Lipinski definition) is 3. The number of urea groups is 1. The van der Waals surface area contributed by atoms with E-state index in [4.69, 9.17) is 5.11 Å². The van der Waals surface area contributed by atoms with Crippen molar-refractivity contribution in [2.75, 3.05) is 14.1 Å². The highest BCUT2D eigenvalue weighted by Gasteiger charge is 2.28. The van der Waals surface area contributed by atoms with Crippen LogP contribution in [0.2, 0.25) is 0 Å². The number of carboxylic acids is 1. The van der Waals surface area contributed by atoms with Crippen LogP contribution in [0.3, 0.4) is 0 Å². The summed E-state index contributed by atoms with van der Waals surface area (Å²) in [6, 6.07) is 8.09. The van der Waals surface area contributed by atoms with Crippen molar-refractivity contribution in [3.05, 3.63) is 35.4 Å². The van der Waals surface area contributed by atoms with E-state index in [1.165, 1.54) is 11.1 Å². The number of amides is 2. The van der Waals surface area contributed by atoms with Gasteiger partial charge in [-0.15, -0.1) is 0 Å². The lowest BCUT2D eigenvalue weighted by Crippen LogP contribution is -2.50. The van der Waals surface area contributed by atoms with Crippen molar-refractivity contribution in [2.24, 2.45) is 5.92 Å². The van der Waals surface area contributed by atoms with E-state index in [-0.39, 0.29) is 30.1 Å². The molecule has 26 heavy (non-hydrogen) atoms. The second kappa shape index (κ2) is 9.03. The van der Waals surface area contributed by atoms with Gasteiger partial charge >= 0.3 is 12.0 Å². The lowest BCUT2D eigenvalue weighted by atomic mass is 9.86. The molecule has 0 saturated heterocycles. The molecular formula is C20H31N3O3. The molecule has 0 bridgehead atoms. The van der Waals surface area contributed by atoms with Gasteiger partial charge in [-0.25, -0.2) is 4.79 Å². The first-order valence-corrected chi connectivity index (χ1v) is 9.31. The molecule has 1 aromatic rings. The molecule has 1 fully saturated rings. The minimum absolute atomic E-state index is 0.0501. The number of nitrogens with one attached hydrogen (secondary N) is 2. The normalized spacial score (nSPS) is 22.5. The average Bonchev–Trinajstić information content (AvgIpc) is 2.56. The van der Waals surface area contributed by atoms with Crippen LogP contribution in [-0.2, 0) is 4.79 Å². The number of benzene rings is 1. The van der Waals surface area contributed by atoms with Crippen LogP contribution >= 0.6 is 0 Å². The molecule has 0 aliphatic heterocycles. The van der Waals surface area contributed by atoms with E-state index in [9.17, 15) is 9.59 Å². The molecule has 6 nitrogen and oxygen atoms in total. The fourth-order valence-electron chi connectivity index (χ4n) is 3.91. The summed E-state index contributed by atoms with van der Waals surface area (Å²) in [5.41, 5.74) is 2.40. The van der Waals surface area contributed by atoms with Crippen LogP contribution in [0, 0.1) is 12.8 Å². The Morgan fingerprint density at radius 3 is 2.31 bits per heavy atom. The minimum Gasteiger partial charge on any atom is -0.481 e. The molecule has 144 valence electrons. The number of aryl methyl sites for hydroxylation is 1. The largest absolute Gasteiger partial charge is 0.481 e. The summed E-state index contributed by atoms with van der Waals surface area (Å²) in [6.07, 6.45) is 2.68. The fraction of sp³-hybridized carbons (Fsp3) is 0.600. The highest BCUT2D eigenvalue weighted by molar-refractivity contribution is 5.75. The van der Waals surface area contributed by atoms with E-state index in [2.05, 4.69) is 34.6 Å². The van der Waals surface area contributed by atoms with Gasteiger partial charge in [0.05, 0.1) is 12.0 Å². The maximum absolute atomic E-state index is 12.4. The number of nitrogens with zero attached hydrogens (tertiary/aromatic N) is 1. The smallest absolute Gasteiger partial charge is 0.315 e. The third-order valence-electron chi connectivity index (χ3n) is 5.31. The molecule has 1 aromatic carbocycles. The van der Waals surface area contributed by atoms with Crippen LogP contribution in [0.15, 0.2) is 24.3 Å². The first kappa shape index (κ1) is 20.2. The second-order valence-electron chi connectivity index (χ2n) is 7.56. The van der Waals surface area contributed by atoms with Gasteiger partial charge in [-0.2, -0.15) is 0 Å². The lowest BCUT2D eigenvalue weighted by molar-refractivity contribution is -0.142. The van der Waals surface area contributed by atoms with Crippen LogP contribution in [-0.4, -0.2) is 48.2 Å². The molecule has 0 radical (unpaired) electrons. The molecule has 2 rings (SSSR count). The molecule has 0 heterocycles. The third-order valence-corrected chi connectivity index (χ3v) is 5.31. The van der Waals surface area contributed by atoms with E-state index < -0.39 is 5.97 Å². The summed E-state index contributed by atoms with van der Waals surface area (Å²) in [5.74, 6) is -0.997. The van der Waals surface area contributed by atoms with Crippen molar-refractivity contribution >= 4 is 12.0 Å². The first-order valence-electron chi connectivity index (χ1n) is 9.31. The van der Waals surface area contributed by atoms with Gasteiger partial charge in [-0.1, -0.05) is 24.3 Å². The summed E-state index contributed by atoms with van der Waals surface area (Å²) in [4.78, 5) is 25.6. The molecule has 1 aliphatic rings. The molecule has 3 N–H and O–H groups in total. The Bertz CT molecular complexity index is 624. The summed E-state index contributed by atoms with van der Waals surface area (Å²) in [6.45, 7) is 4.09. The van der Waals surface area contributed by atoms with Gasteiger partial charge in [0.2, 0.25) is 0 Å². The molecule has 0 spiro atoms. The standard InChI is InChI=1S/C20H31N3O3/c1-13-7-5-6-8-17(13)18(23(3)4)14(2)21-20(26)22-16-11-9-15(10-12-16)19(24)25/h5-8,14-16,18H,9-12H2,1-4H3,(H,24,25)(H2,21,22,26). The van der Waals surface area contributed by atoms with Crippen LogP contribution in [0.5, 0.6) is 0 Å². The first-order chi connectivity index (χ1) is 12.3. The molecule has 0 aromatic heterocycles. The number of carbonyl (C=O) groups is 2. The molecule has 2 atom stereocenters. The molecule has 1 aliphatic carbocycles. The Hall–Kier alpha value is -2.08. The summed E-state index contributed by atoms with van der Waals surface area (Å²) in [7, 11) is 4.03. The van der Waals surface area contributed by atoms with Crippen molar-refractivity contribution in [2.45, 2.75) is 57.7 Å². The number of carboxylic acid groups (broad SMARTS) is 1. The van der Waals surface area contributed by atoms with Gasteiger partial charge in [0.15, 0.2) is 0 Å². The zero-order chi connectivity index (χ0) is 19.3. The Kier molecular flexibility index (Phi) is 7.03. The zero-order valence-electron chi connectivity index (χ0n) is 16.2. The predicted octanol–water partition coefficient (Wildman–Crippen LogP) is 2.93. The van der Waals surface area contributed by atoms with E-state index in [1.54, 1.807) is 0 Å². The number of likely N-dealkylation sites (N-methyl/N-ethyl adjacent to an activating group) is 1. The van der Waals surface area contributed by atoms with Crippen LogP contribution in [0.25, 0.3) is 0 Å². The molecule has 2 unspecified atom stereocenters. The quantitative estimate of drug-likeness (QED) is 0.728. The minimum atomic E-state index is -0.728. The van der Waals surface area contributed by atoms with Crippen molar-refractivity contribution in [1.82, 2.24) is 15.5 Å². The molecular weight excluding hydrogens is 330 g/mol. The SMILES string of the molecule is Cc1ccccc1C(C(C)NC(=O)NC1CCC(C(=O)O)CC1)N(C)C.